The zero-order valence-corrected chi connectivity index (χ0v) is 12.9. The quantitative estimate of drug-likeness (QED) is 0.886. The zero-order chi connectivity index (χ0) is 15.8. The number of carboxylic acids is 1. The maximum absolute atomic E-state index is 13.7. The largest absolute Gasteiger partial charge is 0.477 e. The van der Waals surface area contributed by atoms with Crippen molar-refractivity contribution in [1.29, 1.82) is 0 Å². The van der Waals surface area contributed by atoms with Crippen molar-refractivity contribution in [3.05, 3.63) is 44.9 Å². The monoisotopic (exact) mass is 349 g/mol. The average Bonchev–Trinajstić information content (AvgIpc) is 2.77. The molecule has 9 heteroatoms. The fraction of sp³-hybridized carbons (Fsp3) is 0.0833. The average molecular weight is 350 g/mol. The van der Waals surface area contributed by atoms with E-state index >= 15 is 0 Å². The van der Waals surface area contributed by atoms with Crippen LogP contribution in [0.25, 0.3) is 0 Å². The molecule has 1 heterocycles. The number of anilines is 1. The van der Waals surface area contributed by atoms with Crippen molar-refractivity contribution in [2.75, 3.05) is 4.72 Å². The Bertz CT molecular complexity index is 796. The molecule has 112 valence electrons. The standard InChI is InChI=1S/C12H9ClFNO4S2/c1-6-5-20-10(12(16)17)11(6)21(18,19)15-9-7(13)3-2-4-8(9)14/h2-5,15H,1H3,(H,16,17). The first kappa shape index (κ1) is 15.7. The van der Waals surface area contributed by atoms with E-state index in [1.54, 1.807) is 0 Å². The molecule has 0 amide bonds. The van der Waals surface area contributed by atoms with E-state index in [0.29, 0.717) is 0 Å². The summed E-state index contributed by atoms with van der Waals surface area (Å²) in [4.78, 5) is 10.4. The molecule has 2 rings (SSSR count). The fourth-order valence-electron chi connectivity index (χ4n) is 1.70. The highest BCUT2D eigenvalue weighted by atomic mass is 35.5. The maximum atomic E-state index is 13.7. The lowest BCUT2D eigenvalue weighted by atomic mass is 10.3. The summed E-state index contributed by atoms with van der Waals surface area (Å²) in [6.45, 7) is 1.46. The van der Waals surface area contributed by atoms with E-state index in [0.717, 1.165) is 17.4 Å². The first-order valence-electron chi connectivity index (χ1n) is 5.52. The number of carbonyl (C=O) groups is 1. The summed E-state index contributed by atoms with van der Waals surface area (Å²) in [6, 6.07) is 3.69. The number of rotatable bonds is 4. The minimum atomic E-state index is -4.27. The van der Waals surface area contributed by atoms with Gasteiger partial charge in [-0.05, 0) is 30.0 Å². The fourth-order valence-corrected chi connectivity index (χ4v) is 4.68. The maximum Gasteiger partial charge on any atom is 0.347 e. The SMILES string of the molecule is Cc1csc(C(=O)O)c1S(=O)(=O)Nc1c(F)cccc1Cl. The van der Waals surface area contributed by atoms with E-state index in [-0.39, 0.29) is 20.4 Å². The van der Waals surface area contributed by atoms with E-state index < -0.39 is 27.5 Å². The molecule has 0 aliphatic carbocycles. The number of halogens is 2. The van der Waals surface area contributed by atoms with Gasteiger partial charge >= 0.3 is 5.97 Å². The number of aryl methyl sites for hydroxylation is 1. The van der Waals surface area contributed by atoms with Gasteiger partial charge in [-0.25, -0.2) is 17.6 Å². The van der Waals surface area contributed by atoms with Crippen LogP contribution in [0.4, 0.5) is 10.1 Å². The van der Waals surface area contributed by atoms with Gasteiger partial charge in [-0.15, -0.1) is 11.3 Å². The Morgan fingerprint density at radius 2 is 2.10 bits per heavy atom. The van der Waals surface area contributed by atoms with Crippen molar-refractivity contribution >= 4 is 44.6 Å². The molecule has 0 aliphatic heterocycles. The van der Waals surface area contributed by atoms with Crippen LogP contribution < -0.4 is 4.72 Å². The van der Waals surface area contributed by atoms with Crippen LogP contribution in [-0.4, -0.2) is 19.5 Å². The Balaban J connectivity index is 2.54. The molecule has 0 saturated carbocycles. The summed E-state index contributed by atoms with van der Waals surface area (Å²) >= 11 is 6.54. The zero-order valence-electron chi connectivity index (χ0n) is 10.6. The van der Waals surface area contributed by atoms with Crippen LogP contribution in [0.5, 0.6) is 0 Å². The van der Waals surface area contributed by atoms with Gasteiger partial charge in [0.1, 0.15) is 21.3 Å². The van der Waals surface area contributed by atoms with Gasteiger partial charge in [0.25, 0.3) is 10.0 Å². The molecule has 0 fully saturated rings. The van der Waals surface area contributed by atoms with Crippen LogP contribution in [0, 0.1) is 12.7 Å². The van der Waals surface area contributed by atoms with Gasteiger partial charge in [-0.1, -0.05) is 17.7 Å². The van der Waals surface area contributed by atoms with E-state index in [1.807, 2.05) is 4.72 Å². The van der Waals surface area contributed by atoms with Crippen molar-refractivity contribution in [3.63, 3.8) is 0 Å². The number of nitrogens with one attached hydrogen (secondary N) is 1. The Hall–Kier alpha value is -1.64. The second kappa shape index (κ2) is 5.63. The first-order chi connectivity index (χ1) is 9.74. The van der Waals surface area contributed by atoms with Crippen molar-refractivity contribution in [2.45, 2.75) is 11.8 Å². The minimum absolute atomic E-state index is 0.122. The van der Waals surface area contributed by atoms with Crippen molar-refractivity contribution in [3.8, 4) is 0 Å². The number of hydrogen-bond donors (Lipinski definition) is 2. The van der Waals surface area contributed by atoms with Crippen LogP contribution in [0.2, 0.25) is 5.02 Å². The lowest BCUT2D eigenvalue weighted by molar-refractivity contribution is 0.0698. The molecule has 1 aromatic heterocycles. The molecular formula is C12H9ClFNO4S2. The van der Waals surface area contributed by atoms with Crippen LogP contribution >= 0.6 is 22.9 Å². The Morgan fingerprint density at radius 3 is 2.67 bits per heavy atom. The second-order valence-electron chi connectivity index (χ2n) is 4.08. The molecule has 2 aromatic rings. The molecule has 0 radical (unpaired) electrons. The highest BCUT2D eigenvalue weighted by molar-refractivity contribution is 7.93. The topological polar surface area (TPSA) is 83.5 Å². The van der Waals surface area contributed by atoms with Gasteiger partial charge < -0.3 is 5.11 Å². The third-order valence-corrected chi connectivity index (χ3v) is 5.65. The number of sulfonamides is 1. The Labute approximate surface area is 129 Å². The van der Waals surface area contributed by atoms with Gasteiger partial charge in [0, 0.05) is 0 Å². The number of hydrogen-bond acceptors (Lipinski definition) is 4. The Morgan fingerprint density at radius 1 is 1.43 bits per heavy atom. The molecule has 0 bridgehead atoms. The number of aromatic carboxylic acids is 1. The summed E-state index contributed by atoms with van der Waals surface area (Å²) in [7, 11) is -4.27. The molecular weight excluding hydrogens is 341 g/mol. The molecule has 5 nitrogen and oxygen atoms in total. The minimum Gasteiger partial charge on any atom is -0.477 e. The highest BCUT2D eigenvalue weighted by Crippen LogP contribution is 2.31. The summed E-state index contributed by atoms with van der Waals surface area (Å²) in [6.07, 6.45) is 0. The summed E-state index contributed by atoms with van der Waals surface area (Å²) < 4.78 is 40.3. The molecule has 1 aromatic carbocycles. The van der Waals surface area contributed by atoms with Crippen molar-refractivity contribution in [1.82, 2.24) is 0 Å². The van der Waals surface area contributed by atoms with Gasteiger partial charge in [0.15, 0.2) is 0 Å². The normalized spacial score (nSPS) is 11.4. The van der Waals surface area contributed by atoms with Gasteiger partial charge in [0.05, 0.1) is 5.02 Å². The number of carboxylic acid groups (broad SMARTS) is 1. The molecule has 0 spiro atoms. The lowest BCUT2D eigenvalue weighted by Crippen LogP contribution is -2.17. The van der Waals surface area contributed by atoms with Gasteiger partial charge in [-0.2, -0.15) is 0 Å². The predicted molar refractivity (Wildman–Crippen MR) is 78.2 cm³/mol. The van der Waals surface area contributed by atoms with E-state index in [1.165, 1.54) is 24.4 Å². The second-order valence-corrected chi connectivity index (χ2v) is 6.99. The highest BCUT2D eigenvalue weighted by Gasteiger charge is 2.28. The molecule has 0 aliphatic rings. The summed E-state index contributed by atoms with van der Waals surface area (Å²) in [5.74, 6) is -2.22. The van der Waals surface area contributed by atoms with Crippen LogP contribution in [0.3, 0.4) is 0 Å². The van der Waals surface area contributed by atoms with Crippen molar-refractivity contribution < 1.29 is 22.7 Å². The molecule has 0 unspecified atom stereocenters. The lowest BCUT2D eigenvalue weighted by Gasteiger charge is -2.11. The van der Waals surface area contributed by atoms with E-state index in [2.05, 4.69) is 0 Å². The number of benzene rings is 1. The summed E-state index contributed by atoms with van der Waals surface area (Å²) in [5, 5.41) is 10.3. The third-order valence-electron chi connectivity index (χ3n) is 2.58. The predicted octanol–water partition coefficient (Wildman–Crippen LogP) is 3.35. The van der Waals surface area contributed by atoms with Gasteiger partial charge in [0.2, 0.25) is 0 Å². The van der Waals surface area contributed by atoms with E-state index in [4.69, 9.17) is 16.7 Å². The molecule has 0 atom stereocenters. The number of thiophene rings is 1. The third kappa shape index (κ3) is 3.02. The van der Waals surface area contributed by atoms with Crippen molar-refractivity contribution in [2.24, 2.45) is 0 Å². The van der Waals surface area contributed by atoms with Gasteiger partial charge in [-0.3, -0.25) is 4.72 Å². The molecule has 21 heavy (non-hydrogen) atoms. The van der Waals surface area contributed by atoms with E-state index in [9.17, 15) is 17.6 Å². The molecule has 2 N–H and O–H groups in total. The van der Waals surface area contributed by atoms with Crippen LogP contribution in [0.1, 0.15) is 15.2 Å². The summed E-state index contributed by atoms with van der Waals surface area (Å²) in [5.41, 5.74) is -0.154. The van der Waals surface area contributed by atoms with Crippen LogP contribution in [0.15, 0.2) is 28.5 Å². The first-order valence-corrected chi connectivity index (χ1v) is 8.26. The Kier molecular flexibility index (Phi) is 4.22. The molecule has 0 saturated heterocycles. The van der Waals surface area contributed by atoms with Crippen LogP contribution in [-0.2, 0) is 10.0 Å². The smallest absolute Gasteiger partial charge is 0.347 e. The number of para-hydroxylation sites is 1.